The Morgan fingerprint density at radius 2 is 1.79 bits per heavy atom. The van der Waals surface area contributed by atoms with Crippen LogP contribution >= 0.6 is 0 Å². The Morgan fingerprint density at radius 1 is 1.14 bits per heavy atom. The van der Waals surface area contributed by atoms with Crippen LogP contribution in [0.3, 0.4) is 0 Å². The maximum atomic E-state index is 9.56. The molecule has 0 aromatic heterocycles. The second-order valence-electron chi connectivity index (χ2n) is 4.88. The third kappa shape index (κ3) is 9.82. The van der Waals surface area contributed by atoms with Gasteiger partial charge in [-0.15, -0.1) is 5.54 Å². The summed E-state index contributed by atoms with van der Waals surface area (Å²) in [5.41, 5.74) is 3.20. The molecule has 1 nitrogen and oxygen atoms in total. The molecule has 14 heavy (non-hydrogen) atoms. The van der Waals surface area contributed by atoms with E-state index in [1.807, 2.05) is 0 Å². The Hall–Kier alpha value is -0.263. The van der Waals surface area contributed by atoms with Crippen molar-refractivity contribution in [3.05, 3.63) is 0 Å². The largest absolute Gasteiger partial charge is 0.380 e. The lowest BCUT2D eigenvalue weighted by Gasteiger charge is -2.06. The molecule has 0 saturated heterocycles. The van der Waals surface area contributed by atoms with E-state index in [9.17, 15) is 5.11 Å². The van der Waals surface area contributed by atoms with Gasteiger partial charge in [-0.3, -0.25) is 0 Å². The molecule has 0 bridgehead atoms. The highest BCUT2D eigenvalue weighted by Gasteiger charge is 2.08. The summed E-state index contributed by atoms with van der Waals surface area (Å²) in [5, 5.41) is 9.56. The molecule has 2 heteroatoms. The molecule has 0 amide bonds. The molecule has 0 fully saturated rings. The molecular weight excluding hydrogens is 188 g/mol. The molecule has 0 aromatic rings. The van der Waals surface area contributed by atoms with Crippen LogP contribution in [0, 0.1) is 11.5 Å². The normalized spacial score (nSPS) is 13.2. The summed E-state index contributed by atoms with van der Waals surface area (Å²) >= 11 is 0. The van der Waals surface area contributed by atoms with E-state index in [2.05, 4.69) is 38.0 Å². The number of unbranched alkanes of at least 4 members (excludes halogenated alkanes) is 3. The second kappa shape index (κ2) is 7.08. The Labute approximate surface area is 89.9 Å². The lowest BCUT2D eigenvalue weighted by atomic mass is 10.1. The predicted molar refractivity (Wildman–Crippen MR) is 65.9 cm³/mol. The lowest BCUT2D eigenvalue weighted by molar-refractivity contribution is 0.217. The number of hydrogen-bond acceptors (Lipinski definition) is 1. The van der Waals surface area contributed by atoms with Gasteiger partial charge in [-0.1, -0.05) is 51.7 Å². The Balaban J connectivity index is 3.63. The summed E-state index contributed by atoms with van der Waals surface area (Å²) in [7, 11) is -1.30. The zero-order chi connectivity index (χ0) is 11.0. The molecule has 0 aliphatic heterocycles. The molecule has 1 N–H and O–H groups in total. The zero-order valence-corrected chi connectivity index (χ0v) is 11.1. The van der Waals surface area contributed by atoms with Gasteiger partial charge in [0.05, 0.1) is 0 Å². The summed E-state index contributed by atoms with van der Waals surface area (Å²) in [4.78, 5) is 0. The molecule has 1 unspecified atom stereocenters. The van der Waals surface area contributed by atoms with Crippen molar-refractivity contribution in [2.45, 2.75) is 64.8 Å². The maximum absolute atomic E-state index is 9.56. The molecule has 0 aliphatic carbocycles. The van der Waals surface area contributed by atoms with Crippen LogP contribution in [-0.4, -0.2) is 19.3 Å². The van der Waals surface area contributed by atoms with Crippen LogP contribution in [0.2, 0.25) is 19.6 Å². The van der Waals surface area contributed by atoms with E-state index in [0.29, 0.717) is 0 Å². The van der Waals surface area contributed by atoms with Gasteiger partial charge < -0.3 is 5.11 Å². The summed E-state index contributed by atoms with van der Waals surface area (Å²) < 4.78 is 0. The first-order valence-corrected chi connectivity index (χ1v) is 9.16. The predicted octanol–water partition coefficient (Wildman–Crippen LogP) is 3.20. The fraction of sp³-hybridized carbons (Fsp3) is 0.833. The van der Waals surface area contributed by atoms with Crippen molar-refractivity contribution in [3.8, 4) is 11.5 Å². The minimum absolute atomic E-state index is 0.390. The van der Waals surface area contributed by atoms with Crippen molar-refractivity contribution in [3.63, 3.8) is 0 Å². The maximum Gasteiger partial charge on any atom is 0.129 e. The minimum atomic E-state index is -1.30. The van der Waals surface area contributed by atoms with Crippen molar-refractivity contribution < 1.29 is 5.11 Å². The van der Waals surface area contributed by atoms with Gasteiger partial charge in [0.2, 0.25) is 0 Å². The quantitative estimate of drug-likeness (QED) is 0.421. The topological polar surface area (TPSA) is 20.2 Å². The van der Waals surface area contributed by atoms with Gasteiger partial charge in [0, 0.05) is 0 Å². The Kier molecular flexibility index (Phi) is 6.95. The fourth-order valence-electron chi connectivity index (χ4n) is 1.14. The van der Waals surface area contributed by atoms with E-state index in [-0.39, 0.29) is 0 Å². The van der Waals surface area contributed by atoms with E-state index in [0.717, 1.165) is 12.8 Å². The molecule has 0 aliphatic rings. The Morgan fingerprint density at radius 3 is 2.29 bits per heavy atom. The number of aliphatic hydroxyl groups is 1. The highest BCUT2D eigenvalue weighted by molar-refractivity contribution is 6.83. The number of rotatable bonds is 5. The van der Waals surface area contributed by atoms with Crippen LogP contribution in [-0.2, 0) is 0 Å². The molecular formula is C12H24OSi. The first kappa shape index (κ1) is 13.7. The lowest BCUT2D eigenvalue weighted by Crippen LogP contribution is -2.17. The van der Waals surface area contributed by atoms with Crippen LogP contribution in [0.15, 0.2) is 0 Å². The number of hydrogen-bond donors (Lipinski definition) is 1. The molecule has 0 rings (SSSR count). The van der Waals surface area contributed by atoms with E-state index in [1.54, 1.807) is 0 Å². The smallest absolute Gasteiger partial charge is 0.129 e. The minimum Gasteiger partial charge on any atom is -0.380 e. The van der Waals surface area contributed by atoms with Gasteiger partial charge in [-0.05, 0) is 12.8 Å². The van der Waals surface area contributed by atoms with Gasteiger partial charge in [0.25, 0.3) is 0 Å². The van der Waals surface area contributed by atoms with Crippen LogP contribution in [0.1, 0.15) is 39.0 Å². The van der Waals surface area contributed by atoms with Crippen molar-refractivity contribution in [1.29, 1.82) is 0 Å². The third-order valence-electron chi connectivity index (χ3n) is 1.94. The molecule has 0 aromatic carbocycles. The summed E-state index contributed by atoms with van der Waals surface area (Å²) in [6.07, 6.45) is 5.30. The van der Waals surface area contributed by atoms with Gasteiger partial charge in [-0.25, -0.2) is 0 Å². The molecule has 82 valence electrons. The van der Waals surface area contributed by atoms with E-state index in [4.69, 9.17) is 0 Å². The molecule has 0 heterocycles. The van der Waals surface area contributed by atoms with Crippen LogP contribution < -0.4 is 0 Å². The van der Waals surface area contributed by atoms with Crippen LogP contribution in [0.5, 0.6) is 0 Å². The van der Waals surface area contributed by atoms with Gasteiger partial charge >= 0.3 is 0 Å². The summed E-state index contributed by atoms with van der Waals surface area (Å²) in [6, 6.07) is 0. The highest BCUT2D eigenvalue weighted by Crippen LogP contribution is 2.05. The average molecular weight is 212 g/mol. The van der Waals surface area contributed by atoms with Gasteiger partial charge in [0.15, 0.2) is 0 Å². The van der Waals surface area contributed by atoms with Crippen molar-refractivity contribution in [1.82, 2.24) is 0 Å². The number of aliphatic hydroxyl groups excluding tert-OH is 1. The van der Waals surface area contributed by atoms with Crippen molar-refractivity contribution in [2.24, 2.45) is 0 Å². The average Bonchev–Trinajstić information content (AvgIpc) is 2.08. The molecule has 0 radical (unpaired) electrons. The second-order valence-corrected chi connectivity index (χ2v) is 9.63. The standard InChI is InChI=1S/C12H24OSi/c1-5-6-7-8-9-12(13)10-11-14(2,3)4/h12-13H,5-9H2,1-4H3. The van der Waals surface area contributed by atoms with Gasteiger partial charge in [-0.2, -0.15) is 0 Å². The zero-order valence-electron chi connectivity index (χ0n) is 10.1. The Bertz CT molecular complexity index is 195. The molecule has 0 saturated carbocycles. The summed E-state index contributed by atoms with van der Waals surface area (Å²) in [6.45, 7) is 8.79. The first-order valence-electron chi connectivity index (χ1n) is 5.66. The SMILES string of the molecule is CCCCCCC(O)C#C[Si](C)(C)C. The van der Waals surface area contributed by atoms with Crippen molar-refractivity contribution >= 4 is 8.07 Å². The van der Waals surface area contributed by atoms with Crippen molar-refractivity contribution in [2.75, 3.05) is 0 Å². The molecule has 1 atom stereocenters. The third-order valence-corrected chi connectivity index (χ3v) is 2.84. The highest BCUT2D eigenvalue weighted by atomic mass is 28.3. The fourth-order valence-corrected chi connectivity index (χ4v) is 1.74. The first-order chi connectivity index (χ1) is 6.45. The van der Waals surface area contributed by atoms with Crippen LogP contribution in [0.25, 0.3) is 0 Å². The molecule has 0 spiro atoms. The van der Waals surface area contributed by atoms with E-state index < -0.39 is 14.2 Å². The van der Waals surface area contributed by atoms with E-state index in [1.165, 1.54) is 19.3 Å². The summed E-state index contributed by atoms with van der Waals surface area (Å²) in [5.74, 6) is 2.97. The van der Waals surface area contributed by atoms with Gasteiger partial charge in [0.1, 0.15) is 14.2 Å². The van der Waals surface area contributed by atoms with E-state index >= 15 is 0 Å². The van der Waals surface area contributed by atoms with Crippen LogP contribution in [0.4, 0.5) is 0 Å². The monoisotopic (exact) mass is 212 g/mol.